The zero-order valence-corrected chi connectivity index (χ0v) is 16.2. The first-order valence-electron chi connectivity index (χ1n) is 9.67. The van der Waals surface area contributed by atoms with E-state index in [1.54, 1.807) is 19.2 Å². The normalized spacial score (nSPS) is 15.2. The summed E-state index contributed by atoms with van der Waals surface area (Å²) in [6.45, 7) is 0. The highest BCUT2D eigenvalue weighted by Gasteiger charge is 2.43. The number of ether oxygens (including phenoxy) is 1. The summed E-state index contributed by atoms with van der Waals surface area (Å²) in [4.78, 5) is 24.0. The molecule has 0 atom stereocenters. The second kappa shape index (κ2) is 7.54. The molecule has 0 aromatic heterocycles. The van der Waals surface area contributed by atoms with E-state index in [4.69, 9.17) is 4.74 Å². The molecule has 0 aliphatic heterocycles. The Morgan fingerprint density at radius 2 is 1.66 bits per heavy atom. The standard InChI is InChI=1S/C23H22N2O4/c1-29-21-13-12-20(18-6-2-3-7-19(18)21)24-22(26)23(14-4-5-15-23)16-8-10-17(11-9-16)25(27)28/h2-3,6-13H,4-5,14-15H2,1H3,(H,24,26). The molecule has 3 aromatic carbocycles. The molecule has 0 heterocycles. The van der Waals surface area contributed by atoms with Gasteiger partial charge in [0.1, 0.15) is 5.75 Å². The van der Waals surface area contributed by atoms with Crippen LogP contribution < -0.4 is 10.1 Å². The van der Waals surface area contributed by atoms with Gasteiger partial charge in [0.25, 0.3) is 5.69 Å². The number of benzene rings is 3. The van der Waals surface area contributed by atoms with Gasteiger partial charge in [-0.05, 0) is 30.5 Å². The molecule has 6 nitrogen and oxygen atoms in total. The van der Waals surface area contributed by atoms with Gasteiger partial charge in [-0.1, -0.05) is 49.2 Å². The van der Waals surface area contributed by atoms with Gasteiger partial charge in [0.2, 0.25) is 5.91 Å². The van der Waals surface area contributed by atoms with Crippen LogP contribution in [-0.4, -0.2) is 17.9 Å². The summed E-state index contributed by atoms with van der Waals surface area (Å²) in [5, 5.41) is 16.0. The minimum atomic E-state index is -0.670. The molecular formula is C23H22N2O4. The Hall–Kier alpha value is -3.41. The molecule has 1 N–H and O–H groups in total. The van der Waals surface area contributed by atoms with Crippen LogP contribution in [0.1, 0.15) is 31.2 Å². The summed E-state index contributed by atoms with van der Waals surface area (Å²) >= 11 is 0. The van der Waals surface area contributed by atoms with Crippen molar-refractivity contribution in [1.82, 2.24) is 0 Å². The molecule has 1 aliphatic carbocycles. The number of anilines is 1. The lowest BCUT2D eigenvalue weighted by Crippen LogP contribution is -2.38. The third kappa shape index (κ3) is 3.31. The summed E-state index contributed by atoms with van der Waals surface area (Å²) in [5.41, 5.74) is 0.926. The van der Waals surface area contributed by atoms with Crippen LogP contribution in [0.5, 0.6) is 5.75 Å². The molecule has 1 saturated carbocycles. The summed E-state index contributed by atoms with van der Waals surface area (Å²) in [6, 6.07) is 17.9. The zero-order valence-electron chi connectivity index (χ0n) is 16.2. The van der Waals surface area contributed by atoms with Crippen molar-refractivity contribution in [3.05, 3.63) is 76.3 Å². The number of carbonyl (C=O) groups is 1. The third-order valence-electron chi connectivity index (χ3n) is 5.87. The Bertz CT molecular complexity index is 1070. The quantitative estimate of drug-likeness (QED) is 0.479. The minimum Gasteiger partial charge on any atom is -0.496 e. The van der Waals surface area contributed by atoms with Crippen molar-refractivity contribution in [3.63, 3.8) is 0 Å². The highest BCUT2D eigenvalue weighted by atomic mass is 16.6. The lowest BCUT2D eigenvalue weighted by Gasteiger charge is -2.28. The maximum Gasteiger partial charge on any atom is 0.269 e. The van der Waals surface area contributed by atoms with E-state index >= 15 is 0 Å². The number of nitro benzene ring substituents is 1. The van der Waals surface area contributed by atoms with Crippen molar-refractivity contribution in [1.29, 1.82) is 0 Å². The molecule has 0 unspecified atom stereocenters. The van der Waals surface area contributed by atoms with E-state index in [0.717, 1.165) is 53.5 Å². The van der Waals surface area contributed by atoms with E-state index in [-0.39, 0.29) is 11.6 Å². The molecule has 0 spiro atoms. The van der Waals surface area contributed by atoms with Gasteiger partial charge in [-0.2, -0.15) is 0 Å². The number of non-ortho nitro benzene ring substituents is 1. The SMILES string of the molecule is COc1ccc(NC(=O)C2(c3ccc([N+](=O)[O-])cc3)CCCC2)c2ccccc12. The number of rotatable bonds is 5. The summed E-state index contributed by atoms with van der Waals surface area (Å²) in [7, 11) is 1.63. The number of amides is 1. The van der Waals surface area contributed by atoms with Crippen LogP contribution in [-0.2, 0) is 10.2 Å². The van der Waals surface area contributed by atoms with E-state index in [2.05, 4.69) is 5.32 Å². The predicted molar refractivity (Wildman–Crippen MR) is 112 cm³/mol. The van der Waals surface area contributed by atoms with E-state index in [1.807, 2.05) is 36.4 Å². The maximum absolute atomic E-state index is 13.5. The fourth-order valence-corrected chi connectivity index (χ4v) is 4.33. The third-order valence-corrected chi connectivity index (χ3v) is 5.87. The average molecular weight is 390 g/mol. The first-order valence-corrected chi connectivity index (χ1v) is 9.67. The van der Waals surface area contributed by atoms with E-state index in [1.165, 1.54) is 12.1 Å². The molecule has 4 rings (SSSR count). The molecule has 6 heteroatoms. The number of nitro groups is 1. The Kier molecular flexibility index (Phi) is 4.92. The van der Waals surface area contributed by atoms with Gasteiger partial charge in [0.05, 0.1) is 17.4 Å². The molecule has 3 aromatic rings. The van der Waals surface area contributed by atoms with Crippen molar-refractivity contribution < 1.29 is 14.5 Å². The Morgan fingerprint density at radius 3 is 2.28 bits per heavy atom. The van der Waals surface area contributed by atoms with Crippen LogP contribution in [0.3, 0.4) is 0 Å². The van der Waals surface area contributed by atoms with Gasteiger partial charge in [-0.3, -0.25) is 14.9 Å². The van der Waals surface area contributed by atoms with Crippen LogP contribution in [0.15, 0.2) is 60.7 Å². The van der Waals surface area contributed by atoms with Crippen LogP contribution in [0, 0.1) is 10.1 Å². The smallest absolute Gasteiger partial charge is 0.269 e. The number of fused-ring (bicyclic) bond motifs is 1. The fraction of sp³-hybridized carbons (Fsp3) is 0.261. The van der Waals surface area contributed by atoms with Gasteiger partial charge >= 0.3 is 0 Å². The number of hydrogen-bond acceptors (Lipinski definition) is 4. The van der Waals surface area contributed by atoms with Gasteiger partial charge < -0.3 is 10.1 Å². The number of nitrogens with one attached hydrogen (secondary N) is 1. The number of methoxy groups -OCH3 is 1. The maximum atomic E-state index is 13.5. The molecule has 1 amide bonds. The lowest BCUT2D eigenvalue weighted by molar-refractivity contribution is -0.384. The largest absolute Gasteiger partial charge is 0.496 e. The molecule has 148 valence electrons. The molecule has 1 aliphatic rings. The summed E-state index contributed by atoms with van der Waals surface area (Å²) < 4.78 is 5.44. The van der Waals surface area contributed by atoms with Gasteiger partial charge in [-0.25, -0.2) is 0 Å². The fourth-order valence-electron chi connectivity index (χ4n) is 4.33. The van der Waals surface area contributed by atoms with Gasteiger partial charge in [0.15, 0.2) is 0 Å². The minimum absolute atomic E-state index is 0.0310. The van der Waals surface area contributed by atoms with Crippen LogP contribution in [0.4, 0.5) is 11.4 Å². The summed E-state index contributed by atoms with van der Waals surface area (Å²) in [5.74, 6) is 0.684. The van der Waals surface area contributed by atoms with Crippen molar-refractivity contribution >= 4 is 28.1 Å². The van der Waals surface area contributed by atoms with Crippen molar-refractivity contribution in [2.24, 2.45) is 0 Å². The Balaban J connectivity index is 1.70. The van der Waals surface area contributed by atoms with E-state index in [0.29, 0.717) is 0 Å². The van der Waals surface area contributed by atoms with Crippen molar-refractivity contribution in [2.45, 2.75) is 31.1 Å². The van der Waals surface area contributed by atoms with E-state index in [9.17, 15) is 14.9 Å². The molecule has 0 radical (unpaired) electrons. The lowest BCUT2D eigenvalue weighted by atomic mass is 9.78. The molecular weight excluding hydrogens is 368 g/mol. The predicted octanol–water partition coefficient (Wildman–Crippen LogP) is 5.21. The Labute approximate surface area is 168 Å². The highest BCUT2D eigenvalue weighted by Crippen LogP contribution is 2.43. The van der Waals surface area contributed by atoms with Crippen LogP contribution >= 0.6 is 0 Å². The average Bonchev–Trinajstić information content (AvgIpc) is 3.25. The van der Waals surface area contributed by atoms with E-state index < -0.39 is 10.3 Å². The van der Waals surface area contributed by atoms with Gasteiger partial charge in [-0.15, -0.1) is 0 Å². The first kappa shape index (κ1) is 18.9. The second-order valence-electron chi connectivity index (χ2n) is 7.41. The monoisotopic (exact) mass is 390 g/mol. The van der Waals surface area contributed by atoms with Crippen molar-refractivity contribution in [2.75, 3.05) is 12.4 Å². The van der Waals surface area contributed by atoms with Crippen molar-refractivity contribution in [3.8, 4) is 5.75 Å². The number of carbonyl (C=O) groups excluding carboxylic acids is 1. The van der Waals surface area contributed by atoms with Gasteiger partial charge in [0, 0.05) is 28.6 Å². The highest BCUT2D eigenvalue weighted by molar-refractivity contribution is 6.07. The molecule has 29 heavy (non-hydrogen) atoms. The number of hydrogen-bond donors (Lipinski definition) is 1. The first-order chi connectivity index (χ1) is 14.0. The molecule has 0 saturated heterocycles. The zero-order chi connectivity index (χ0) is 20.4. The van der Waals surface area contributed by atoms with Crippen LogP contribution in [0.2, 0.25) is 0 Å². The topological polar surface area (TPSA) is 81.5 Å². The molecule has 0 bridgehead atoms. The second-order valence-corrected chi connectivity index (χ2v) is 7.41. The Morgan fingerprint density at radius 1 is 1.00 bits per heavy atom. The summed E-state index contributed by atoms with van der Waals surface area (Å²) in [6.07, 6.45) is 3.36. The number of nitrogens with zero attached hydrogens (tertiary/aromatic N) is 1. The molecule has 1 fully saturated rings. The van der Waals surface area contributed by atoms with Crippen LogP contribution in [0.25, 0.3) is 10.8 Å².